The molecule has 0 fully saturated rings. The molecular formula is C13H8N4O2S. The van der Waals surface area contributed by atoms with E-state index in [1.165, 1.54) is 16.6 Å². The van der Waals surface area contributed by atoms with Crippen molar-refractivity contribution in [3.8, 4) is 11.9 Å². The second-order valence-corrected chi connectivity index (χ2v) is 5.03. The molecule has 20 heavy (non-hydrogen) atoms. The number of fused-ring (bicyclic) bond motifs is 1. The molecule has 98 valence electrons. The van der Waals surface area contributed by atoms with Gasteiger partial charge in [-0.25, -0.2) is 9.38 Å². The Morgan fingerprint density at radius 2 is 2.20 bits per heavy atom. The number of nitrogens with zero attached hydrogens (tertiary/aromatic N) is 3. The normalized spacial score (nSPS) is 16.1. The summed E-state index contributed by atoms with van der Waals surface area (Å²) in [4.78, 5) is 16.5. The minimum atomic E-state index is -0.182. The zero-order chi connectivity index (χ0) is 14.3. The third-order valence-corrected chi connectivity index (χ3v) is 3.79. The lowest BCUT2D eigenvalue weighted by molar-refractivity contribution is -0.111. The number of ketones is 1. The molecule has 0 atom stereocenters. The van der Waals surface area contributed by atoms with Crippen molar-refractivity contribution >= 4 is 34.0 Å². The predicted molar refractivity (Wildman–Crippen MR) is 75.1 cm³/mol. The molecule has 0 bridgehead atoms. The van der Waals surface area contributed by atoms with Crippen LogP contribution in [0.2, 0.25) is 0 Å². The fourth-order valence-electron chi connectivity index (χ4n) is 1.86. The lowest BCUT2D eigenvalue weighted by Gasteiger charge is -2.00. The van der Waals surface area contributed by atoms with Crippen molar-refractivity contribution < 1.29 is 9.90 Å². The van der Waals surface area contributed by atoms with Crippen molar-refractivity contribution in [2.45, 2.75) is 0 Å². The van der Waals surface area contributed by atoms with E-state index in [1.54, 1.807) is 18.2 Å². The van der Waals surface area contributed by atoms with Gasteiger partial charge in [-0.3, -0.25) is 4.79 Å². The Bertz CT molecular complexity index is 861. The van der Waals surface area contributed by atoms with Crippen molar-refractivity contribution in [2.75, 3.05) is 5.73 Å². The molecule has 3 N–H and O–H groups in total. The Kier molecular flexibility index (Phi) is 2.66. The fourth-order valence-corrected chi connectivity index (χ4v) is 2.71. The lowest BCUT2D eigenvalue weighted by atomic mass is 10.1. The zero-order valence-electron chi connectivity index (χ0n) is 10.1. The van der Waals surface area contributed by atoms with Gasteiger partial charge < -0.3 is 10.8 Å². The van der Waals surface area contributed by atoms with E-state index in [1.807, 2.05) is 6.07 Å². The molecule has 0 radical (unpaired) electrons. The number of aromatic nitrogens is 2. The molecule has 0 unspecified atom stereocenters. The summed E-state index contributed by atoms with van der Waals surface area (Å²) in [6.45, 7) is 0. The smallest absolute Gasteiger partial charge is 0.226 e. The van der Waals surface area contributed by atoms with E-state index >= 15 is 0 Å². The average Bonchev–Trinajstić information content (AvgIpc) is 2.91. The van der Waals surface area contributed by atoms with E-state index in [4.69, 9.17) is 11.0 Å². The number of hydrogen-bond donors (Lipinski definition) is 2. The standard InChI is InChI=1S/C13H8N4O2S/c14-6-10-11(15)17-12(19)8(16-13(17)20-10)5-7-3-1-2-4-9(7)18/h1-5,19H,15H2/b7-5-. The largest absolute Gasteiger partial charge is 0.493 e. The summed E-state index contributed by atoms with van der Waals surface area (Å²) in [5, 5.41) is 19.0. The minimum Gasteiger partial charge on any atom is -0.493 e. The first-order valence-corrected chi connectivity index (χ1v) is 6.44. The number of carbonyl (C=O) groups is 1. The lowest BCUT2D eigenvalue weighted by Crippen LogP contribution is -1.98. The molecule has 2 aromatic rings. The number of aromatic hydroxyl groups is 1. The number of anilines is 1. The predicted octanol–water partition coefficient (Wildman–Crippen LogP) is 1.63. The maximum Gasteiger partial charge on any atom is 0.226 e. The van der Waals surface area contributed by atoms with Crippen LogP contribution in [0.1, 0.15) is 10.6 Å². The number of hydrogen-bond acceptors (Lipinski definition) is 6. The molecule has 3 rings (SSSR count). The molecule has 1 aliphatic rings. The van der Waals surface area contributed by atoms with E-state index in [0.717, 1.165) is 11.3 Å². The summed E-state index contributed by atoms with van der Waals surface area (Å²) < 4.78 is 1.29. The van der Waals surface area contributed by atoms with Crippen LogP contribution >= 0.6 is 11.3 Å². The number of rotatable bonds is 1. The van der Waals surface area contributed by atoms with E-state index in [0.29, 0.717) is 15.4 Å². The topological polar surface area (TPSA) is 104 Å². The number of nitriles is 1. The first-order chi connectivity index (χ1) is 9.61. The summed E-state index contributed by atoms with van der Waals surface area (Å²) in [6, 6.07) is 1.94. The van der Waals surface area contributed by atoms with Crippen LogP contribution in [0.4, 0.5) is 5.82 Å². The Labute approximate surface area is 117 Å². The number of thiazole rings is 1. The Morgan fingerprint density at radius 1 is 1.45 bits per heavy atom. The molecule has 2 aromatic heterocycles. The maximum atomic E-state index is 11.6. The first kappa shape index (κ1) is 12.2. The molecule has 0 aromatic carbocycles. The van der Waals surface area contributed by atoms with Crippen molar-refractivity contribution in [2.24, 2.45) is 0 Å². The van der Waals surface area contributed by atoms with Crippen LogP contribution in [-0.2, 0) is 4.79 Å². The summed E-state index contributed by atoms with van der Waals surface area (Å²) in [5.41, 5.74) is 6.43. The molecule has 1 aliphatic carbocycles. The van der Waals surface area contributed by atoms with E-state index in [2.05, 4.69) is 4.98 Å². The Hall–Kier alpha value is -2.85. The highest BCUT2D eigenvalue weighted by Gasteiger charge is 2.18. The molecule has 2 heterocycles. The second kappa shape index (κ2) is 4.36. The average molecular weight is 284 g/mol. The van der Waals surface area contributed by atoms with Crippen LogP contribution in [-0.4, -0.2) is 20.3 Å². The van der Waals surface area contributed by atoms with Gasteiger partial charge >= 0.3 is 0 Å². The molecule has 0 aliphatic heterocycles. The highest BCUT2D eigenvalue weighted by Crippen LogP contribution is 2.32. The molecule has 0 saturated carbocycles. The number of imidazole rings is 1. The molecular weight excluding hydrogens is 276 g/mol. The molecule has 6 nitrogen and oxygen atoms in total. The van der Waals surface area contributed by atoms with Crippen LogP contribution in [0.5, 0.6) is 5.88 Å². The Morgan fingerprint density at radius 3 is 2.85 bits per heavy atom. The van der Waals surface area contributed by atoms with Crippen molar-refractivity contribution in [3.05, 3.63) is 40.4 Å². The number of nitrogen functional groups attached to an aromatic ring is 1. The van der Waals surface area contributed by atoms with Crippen molar-refractivity contribution in [1.82, 2.24) is 9.38 Å². The van der Waals surface area contributed by atoms with E-state index in [-0.39, 0.29) is 23.2 Å². The van der Waals surface area contributed by atoms with Gasteiger partial charge in [0.1, 0.15) is 22.5 Å². The maximum absolute atomic E-state index is 11.6. The summed E-state index contributed by atoms with van der Waals surface area (Å²) in [6.07, 6.45) is 7.93. The zero-order valence-corrected chi connectivity index (χ0v) is 10.9. The van der Waals surface area contributed by atoms with Gasteiger partial charge in [0, 0.05) is 5.57 Å². The van der Waals surface area contributed by atoms with Gasteiger partial charge in [0.05, 0.1) is 0 Å². The van der Waals surface area contributed by atoms with Gasteiger partial charge in [0.15, 0.2) is 10.7 Å². The molecule has 7 heteroatoms. The summed E-state index contributed by atoms with van der Waals surface area (Å²) in [5.74, 6) is -0.194. The number of carbonyl (C=O) groups excluding carboxylic acids is 1. The van der Waals surface area contributed by atoms with Gasteiger partial charge in [-0.2, -0.15) is 5.26 Å². The van der Waals surface area contributed by atoms with Crippen LogP contribution in [0.25, 0.3) is 11.0 Å². The highest BCUT2D eigenvalue weighted by molar-refractivity contribution is 7.18. The van der Waals surface area contributed by atoms with Crippen LogP contribution in [0, 0.1) is 11.3 Å². The van der Waals surface area contributed by atoms with Crippen molar-refractivity contribution in [1.29, 1.82) is 5.26 Å². The summed E-state index contributed by atoms with van der Waals surface area (Å²) >= 11 is 1.08. The minimum absolute atomic E-state index is 0.146. The van der Waals surface area contributed by atoms with Gasteiger partial charge in [0.25, 0.3) is 0 Å². The third-order valence-electron chi connectivity index (χ3n) is 2.83. The highest BCUT2D eigenvalue weighted by atomic mass is 32.1. The first-order valence-electron chi connectivity index (χ1n) is 5.62. The van der Waals surface area contributed by atoms with Gasteiger partial charge in [-0.05, 0) is 12.2 Å². The quantitative estimate of drug-likeness (QED) is 0.774. The SMILES string of the molecule is N#Cc1sc2nc(/C=C3/C=CC=CC3=O)c(O)n2c1N. The molecule has 0 amide bonds. The Balaban J connectivity index is 2.15. The fraction of sp³-hybridized carbons (Fsp3) is 0. The van der Waals surface area contributed by atoms with E-state index < -0.39 is 0 Å². The third kappa shape index (κ3) is 1.71. The molecule has 0 saturated heterocycles. The number of allylic oxidation sites excluding steroid dienone is 5. The van der Waals surface area contributed by atoms with Gasteiger partial charge in [-0.15, -0.1) is 0 Å². The number of nitrogens with two attached hydrogens (primary N) is 1. The van der Waals surface area contributed by atoms with Crippen molar-refractivity contribution in [3.63, 3.8) is 0 Å². The van der Waals surface area contributed by atoms with Gasteiger partial charge in [-0.1, -0.05) is 29.6 Å². The van der Waals surface area contributed by atoms with Crippen LogP contribution in [0.15, 0.2) is 29.9 Å². The van der Waals surface area contributed by atoms with Crippen LogP contribution in [0.3, 0.4) is 0 Å². The van der Waals surface area contributed by atoms with Gasteiger partial charge in [0.2, 0.25) is 5.88 Å². The molecule has 0 spiro atoms. The van der Waals surface area contributed by atoms with E-state index in [9.17, 15) is 9.90 Å². The monoisotopic (exact) mass is 284 g/mol. The second-order valence-electron chi connectivity index (χ2n) is 4.05. The van der Waals surface area contributed by atoms with Crippen LogP contribution < -0.4 is 5.73 Å². The summed E-state index contributed by atoms with van der Waals surface area (Å²) in [7, 11) is 0.